The summed E-state index contributed by atoms with van der Waals surface area (Å²) in [4.78, 5) is 15.0. The van der Waals surface area contributed by atoms with Gasteiger partial charge in [0.15, 0.2) is 17.3 Å². The van der Waals surface area contributed by atoms with Crippen LogP contribution in [0.5, 0.6) is 11.5 Å². The number of nitrogens with zero attached hydrogens (tertiary/aromatic N) is 1. The monoisotopic (exact) mass is 303 g/mol. The van der Waals surface area contributed by atoms with Crippen LogP contribution < -0.4 is 9.47 Å². The number of rotatable bonds is 4. The lowest BCUT2D eigenvalue weighted by atomic mass is 9.90. The van der Waals surface area contributed by atoms with Gasteiger partial charge in [0, 0.05) is 24.6 Å². The Morgan fingerprint density at radius 2 is 2.05 bits per heavy atom. The molecule has 0 saturated carbocycles. The number of piperidine rings is 1. The summed E-state index contributed by atoms with van der Waals surface area (Å²) in [6.45, 7) is 7.78. The fourth-order valence-electron chi connectivity index (χ4n) is 3.33. The molecule has 0 radical (unpaired) electrons. The van der Waals surface area contributed by atoms with Crippen molar-refractivity contribution < 1.29 is 14.3 Å². The standard InChI is InChI=1S/C18H25NO3/c1-13(2)19-7-3-4-14(12-19)10-16(20)15-5-6-17-18(11-15)22-9-8-21-17/h5-6,11,13-14H,3-4,7-10,12H2,1-2H3/t14-/m0/s1. The molecule has 2 aliphatic rings. The van der Waals surface area contributed by atoms with Gasteiger partial charge in [0.05, 0.1) is 0 Å². The van der Waals surface area contributed by atoms with Crippen molar-refractivity contribution in [2.75, 3.05) is 26.3 Å². The summed E-state index contributed by atoms with van der Waals surface area (Å²) in [6.07, 6.45) is 2.97. The van der Waals surface area contributed by atoms with E-state index in [1.807, 2.05) is 18.2 Å². The van der Waals surface area contributed by atoms with Crippen molar-refractivity contribution in [2.45, 2.75) is 39.2 Å². The molecule has 22 heavy (non-hydrogen) atoms. The van der Waals surface area contributed by atoms with Gasteiger partial charge in [-0.2, -0.15) is 0 Å². The average molecular weight is 303 g/mol. The largest absolute Gasteiger partial charge is 0.486 e. The Bertz CT molecular complexity index is 541. The van der Waals surface area contributed by atoms with Gasteiger partial charge in [0.2, 0.25) is 0 Å². The number of hydrogen-bond acceptors (Lipinski definition) is 4. The highest BCUT2D eigenvalue weighted by Crippen LogP contribution is 2.32. The van der Waals surface area contributed by atoms with Crippen LogP contribution in [0.25, 0.3) is 0 Å². The second kappa shape index (κ2) is 6.69. The lowest BCUT2D eigenvalue weighted by molar-refractivity contribution is 0.0889. The summed E-state index contributed by atoms with van der Waals surface area (Å²) in [6, 6.07) is 6.11. The van der Waals surface area contributed by atoms with Crippen molar-refractivity contribution in [1.82, 2.24) is 4.90 Å². The van der Waals surface area contributed by atoms with Gasteiger partial charge < -0.3 is 14.4 Å². The molecular weight excluding hydrogens is 278 g/mol. The molecule has 0 N–H and O–H groups in total. The van der Waals surface area contributed by atoms with Gasteiger partial charge in [-0.1, -0.05) is 0 Å². The number of benzene rings is 1. The molecule has 0 spiro atoms. The van der Waals surface area contributed by atoms with E-state index < -0.39 is 0 Å². The predicted octanol–water partition coefficient (Wildman–Crippen LogP) is 3.15. The summed E-state index contributed by atoms with van der Waals surface area (Å²) in [5.74, 6) is 2.13. The van der Waals surface area contributed by atoms with E-state index in [1.54, 1.807) is 0 Å². The predicted molar refractivity (Wildman–Crippen MR) is 85.8 cm³/mol. The molecular formula is C18H25NO3. The number of fused-ring (bicyclic) bond motifs is 1. The molecule has 4 heteroatoms. The van der Waals surface area contributed by atoms with E-state index in [0.29, 0.717) is 37.3 Å². The third-order valence-corrected chi connectivity index (χ3v) is 4.62. The van der Waals surface area contributed by atoms with Gasteiger partial charge in [-0.3, -0.25) is 4.79 Å². The van der Waals surface area contributed by atoms with E-state index in [1.165, 1.54) is 6.42 Å². The van der Waals surface area contributed by atoms with Crippen LogP contribution in [0.3, 0.4) is 0 Å². The molecule has 0 bridgehead atoms. The normalized spacial score (nSPS) is 21.9. The van der Waals surface area contributed by atoms with Crippen LogP contribution in [0.4, 0.5) is 0 Å². The second-order valence-electron chi connectivity index (χ2n) is 6.58. The van der Waals surface area contributed by atoms with E-state index in [2.05, 4.69) is 18.7 Å². The Morgan fingerprint density at radius 1 is 1.27 bits per heavy atom. The highest BCUT2D eigenvalue weighted by molar-refractivity contribution is 5.96. The SMILES string of the molecule is CC(C)N1CCC[C@@H](CC(=O)c2ccc3c(c2)OCCO3)C1. The maximum atomic E-state index is 12.6. The first kappa shape index (κ1) is 15.3. The minimum atomic E-state index is 0.215. The minimum Gasteiger partial charge on any atom is -0.486 e. The number of likely N-dealkylation sites (tertiary alicyclic amines) is 1. The number of Topliss-reactive ketones (excluding diaryl/α,β-unsaturated/α-hetero) is 1. The molecule has 4 nitrogen and oxygen atoms in total. The van der Waals surface area contributed by atoms with Crippen molar-refractivity contribution in [3.8, 4) is 11.5 Å². The molecule has 1 aromatic rings. The quantitative estimate of drug-likeness (QED) is 0.801. The Balaban J connectivity index is 1.64. The van der Waals surface area contributed by atoms with E-state index >= 15 is 0 Å². The van der Waals surface area contributed by atoms with Gasteiger partial charge in [-0.05, 0) is 57.4 Å². The first-order valence-electron chi connectivity index (χ1n) is 8.30. The van der Waals surface area contributed by atoms with Crippen molar-refractivity contribution in [2.24, 2.45) is 5.92 Å². The summed E-state index contributed by atoms with van der Waals surface area (Å²) < 4.78 is 11.1. The summed E-state index contributed by atoms with van der Waals surface area (Å²) in [5.41, 5.74) is 0.742. The number of ketones is 1. The molecule has 3 rings (SSSR count). The molecule has 0 unspecified atom stereocenters. The van der Waals surface area contributed by atoms with Gasteiger partial charge in [-0.15, -0.1) is 0 Å². The maximum Gasteiger partial charge on any atom is 0.163 e. The van der Waals surface area contributed by atoms with Crippen molar-refractivity contribution in [3.63, 3.8) is 0 Å². The maximum absolute atomic E-state index is 12.6. The Kier molecular flexibility index (Phi) is 4.67. The van der Waals surface area contributed by atoms with Gasteiger partial charge >= 0.3 is 0 Å². The van der Waals surface area contributed by atoms with Crippen molar-refractivity contribution >= 4 is 5.78 Å². The van der Waals surface area contributed by atoms with Crippen molar-refractivity contribution in [1.29, 1.82) is 0 Å². The molecule has 2 aliphatic heterocycles. The van der Waals surface area contributed by atoms with Crippen molar-refractivity contribution in [3.05, 3.63) is 23.8 Å². The number of carbonyl (C=O) groups is 1. The number of ether oxygens (including phenoxy) is 2. The molecule has 1 atom stereocenters. The molecule has 0 amide bonds. The lowest BCUT2D eigenvalue weighted by Gasteiger charge is -2.35. The van der Waals surface area contributed by atoms with Crippen LogP contribution in [-0.4, -0.2) is 43.0 Å². The summed E-state index contributed by atoms with van der Waals surface area (Å²) >= 11 is 0. The zero-order chi connectivity index (χ0) is 15.5. The third-order valence-electron chi connectivity index (χ3n) is 4.62. The number of hydrogen-bond donors (Lipinski definition) is 0. The molecule has 0 aromatic heterocycles. The molecule has 120 valence electrons. The van der Waals surface area contributed by atoms with E-state index in [4.69, 9.17) is 9.47 Å². The molecule has 0 aliphatic carbocycles. The second-order valence-corrected chi connectivity index (χ2v) is 6.58. The third kappa shape index (κ3) is 3.43. The van der Waals surface area contributed by atoms with Gasteiger partial charge in [0.25, 0.3) is 0 Å². The Labute approximate surface area is 132 Å². The Morgan fingerprint density at radius 3 is 2.82 bits per heavy atom. The van der Waals surface area contributed by atoms with Crippen LogP contribution in [0.1, 0.15) is 43.5 Å². The van der Waals surface area contributed by atoms with Crippen LogP contribution in [0.2, 0.25) is 0 Å². The zero-order valence-electron chi connectivity index (χ0n) is 13.5. The molecule has 1 aromatic carbocycles. The minimum absolute atomic E-state index is 0.215. The highest BCUT2D eigenvalue weighted by Gasteiger charge is 2.24. The Hall–Kier alpha value is -1.55. The van der Waals surface area contributed by atoms with Gasteiger partial charge in [0.1, 0.15) is 13.2 Å². The number of carbonyl (C=O) groups excluding carboxylic acids is 1. The fourth-order valence-corrected chi connectivity index (χ4v) is 3.33. The fraction of sp³-hybridized carbons (Fsp3) is 0.611. The van der Waals surface area contributed by atoms with Crippen LogP contribution in [0.15, 0.2) is 18.2 Å². The first-order valence-corrected chi connectivity index (χ1v) is 8.30. The van der Waals surface area contributed by atoms with E-state index in [-0.39, 0.29) is 5.78 Å². The summed E-state index contributed by atoms with van der Waals surface area (Å²) in [5, 5.41) is 0. The topological polar surface area (TPSA) is 38.8 Å². The zero-order valence-corrected chi connectivity index (χ0v) is 13.5. The molecule has 1 saturated heterocycles. The van der Waals surface area contributed by atoms with E-state index in [0.717, 1.165) is 30.8 Å². The smallest absolute Gasteiger partial charge is 0.163 e. The summed E-state index contributed by atoms with van der Waals surface area (Å²) in [7, 11) is 0. The van der Waals surface area contributed by atoms with Gasteiger partial charge in [-0.25, -0.2) is 0 Å². The van der Waals surface area contributed by atoms with Crippen LogP contribution >= 0.6 is 0 Å². The lowest BCUT2D eigenvalue weighted by Crippen LogP contribution is -2.40. The van der Waals surface area contributed by atoms with Crippen LogP contribution in [-0.2, 0) is 0 Å². The highest BCUT2D eigenvalue weighted by atomic mass is 16.6. The van der Waals surface area contributed by atoms with E-state index in [9.17, 15) is 4.79 Å². The first-order chi connectivity index (χ1) is 10.6. The average Bonchev–Trinajstić information content (AvgIpc) is 2.54. The molecule has 1 fully saturated rings. The molecule has 2 heterocycles. The van der Waals surface area contributed by atoms with Crippen LogP contribution in [0, 0.1) is 5.92 Å².